The zero-order valence-electron chi connectivity index (χ0n) is 12.8. The molecule has 0 aliphatic carbocycles. The minimum atomic E-state index is 0.269. The van der Waals surface area contributed by atoms with Gasteiger partial charge in [-0.05, 0) is 6.42 Å². The molecular formula is C16H33NO. The molecule has 0 saturated carbocycles. The van der Waals surface area contributed by atoms with E-state index in [0.29, 0.717) is 6.42 Å². The number of nitrogens with zero attached hydrogens (tertiary/aromatic N) is 1. The van der Waals surface area contributed by atoms with Crippen molar-refractivity contribution in [2.45, 2.75) is 84.5 Å². The first kappa shape index (κ1) is 17.5. The minimum Gasteiger partial charge on any atom is -0.346 e. The highest BCUT2D eigenvalue weighted by molar-refractivity contribution is 5.75. The molecule has 1 amide bonds. The Morgan fingerprint density at radius 3 is 1.67 bits per heavy atom. The second-order valence-electron chi connectivity index (χ2n) is 5.35. The van der Waals surface area contributed by atoms with Crippen molar-refractivity contribution < 1.29 is 4.79 Å². The first-order chi connectivity index (χ1) is 8.72. The zero-order valence-corrected chi connectivity index (χ0v) is 12.8. The summed E-state index contributed by atoms with van der Waals surface area (Å²) in [5, 5.41) is 0. The van der Waals surface area contributed by atoms with Gasteiger partial charge in [-0.25, -0.2) is 0 Å². The molecule has 0 aromatic heterocycles. The lowest BCUT2D eigenvalue weighted by atomic mass is 10.1. The molecule has 0 bridgehead atoms. The highest BCUT2D eigenvalue weighted by Crippen LogP contribution is 2.10. The van der Waals surface area contributed by atoms with Crippen molar-refractivity contribution in [2.75, 3.05) is 13.6 Å². The molecule has 0 unspecified atom stereocenters. The fourth-order valence-corrected chi connectivity index (χ4v) is 2.23. The number of rotatable bonds is 12. The number of unbranched alkanes of at least 4 members (excludes halogenated alkanes) is 9. The summed E-state index contributed by atoms with van der Waals surface area (Å²) in [6.45, 7) is 5.13. The van der Waals surface area contributed by atoms with Crippen molar-refractivity contribution in [3.63, 3.8) is 0 Å². The van der Waals surface area contributed by atoms with Crippen molar-refractivity contribution in [1.82, 2.24) is 4.90 Å². The van der Waals surface area contributed by atoms with Crippen LogP contribution >= 0.6 is 0 Å². The molecule has 0 atom stereocenters. The summed E-state index contributed by atoms with van der Waals surface area (Å²) in [7, 11) is 1.92. The van der Waals surface area contributed by atoms with E-state index in [-0.39, 0.29) is 5.91 Å². The molecule has 0 radical (unpaired) electrons. The van der Waals surface area contributed by atoms with Crippen molar-refractivity contribution >= 4 is 5.91 Å². The summed E-state index contributed by atoms with van der Waals surface area (Å²) in [6.07, 6.45) is 14.2. The predicted octanol–water partition coefficient (Wildman–Crippen LogP) is 4.78. The van der Waals surface area contributed by atoms with Gasteiger partial charge in [0.2, 0.25) is 5.91 Å². The molecule has 2 nitrogen and oxygen atoms in total. The lowest BCUT2D eigenvalue weighted by Gasteiger charge is -2.15. The molecule has 0 fully saturated rings. The molecule has 0 aliphatic heterocycles. The molecule has 0 spiro atoms. The van der Waals surface area contributed by atoms with Gasteiger partial charge in [-0.1, -0.05) is 71.6 Å². The maximum absolute atomic E-state index is 11.3. The largest absolute Gasteiger partial charge is 0.346 e. The first-order valence-corrected chi connectivity index (χ1v) is 7.96. The third-order valence-corrected chi connectivity index (χ3v) is 3.58. The van der Waals surface area contributed by atoms with Crippen molar-refractivity contribution in [2.24, 2.45) is 0 Å². The fraction of sp³-hybridized carbons (Fsp3) is 0.938. The normalized spacial score (nSPS) is 10.6. The van der Waals surface area contributed by atoms with E-state index in [4.69, 9.17) is 0 Å². The van der Waals surface area contributed by atoms with Crippen LogP contribution in [0.25, 0.3) is 0 Å². The maximum atomic E-state index is 11.3. The molecule has 0 N–H and O–H groups in total. The Hall–Kier alpha value is -0.530. The molecule has 0 heterocycles. The van der Waals surface area contributed by atoms with Crippen LogP contribution in [0.15, 0.2) is 0 Å². The number of hydrogen-bond donors (Lipinski definition) is 0. The van der Waals surface area contributed by atoms with Gasteiger partial charge in [0.25, 0.3) is 0 Å². The summed E-state index contributed by atoms with van der Waals surface area (Å²) >= 11 is 0. The quantitative estimate of drug-likeness (QED) is 0.460. The third kappa shape index (κ3) is 10.6. The Kier molecular flexibility index (Phi) is 12.5. The standard InChI is InChI=1S/C16H33NO/c1-4-6-7-8-9-10-11-12-13-14-15-17(3)16(18)5-2/h4-15H2,1-3H3. The lowest BCUT2D eigenvalue weighted by molar-refractivity contribution is -0.129. The van der Waals surface area contributed by atoms with Gasteiger partial charge < -0.3 is 4.90 Å². The molecule has 2 heteroatoms. The maximum Gasteiger partial charge on any atom is 0.222 e. The lowest BCUT2D eigenvalue weighted by Crippen LogP contribution is -2.26. The monoisotopic (exact) mass is 255 g/mol. The van der Waals surface area contributed by atoms with E-state index in [0.717, 1.165) is 13.0 Å². The fourth-order valence-electron chi connectivity index (χ4n) is 2.23. The van der Waals surface area contributed by atoms with E-state index < -0.39 is 0 Å². The van der Waals surface area contributed by atoms with Crippen LogP contribution in [0.5, 0.6) is 0 Å². The minimum absolute atomic E-state index is 0.269. The Labute approximate surface area is 114 Å². The smallest absolute Gasteiger partial charge is 0.222 e. The van der Waals surface area contributed by atoms with Crippen LogP contribution in [-0.4, -0.2) is 24.4 Å². The van der Waals surface area contributed by atoms with Crippen LogP contribution in [0.4, 0.5) is 0 Å². The van der Waals surface area contributed by atoms with Crippen LogP contribution in [0, 0.1) is 0 Å². The molecular weight excluding hydrogens is 222 g/mol. The summed E-state index contributed by atoms with van der Waals surface area (Å²) in [4.78, 5) is 13.2. The van der Waals surface area contributed by atoms with Gasteiger partial charge in [0.1, 0.15) is 0 Å². The predicted molar refractivity (Wildman–Crippen MR) is 79.8 cm³/mol. The van der Waals surface area contributed by atoms with E-state index >= 15 is 0 Å². The van der Waals surface area contributed by atoms with E-state index in [1.54, 1.807) is 0 Å². The summed E-state index contributed by atoms with van der Waals surface area (Å²) in [5.74, 6) is 0.269. The first-order valence-electron chi connectivity index (χ1n) is 7.96. The number of hydrogen-bond acceptors (Lipinski definition) is 1. The highest BCUT2D eigenvalue weighted by Gasteiger charge is 2.04. The highest BCUT2D eigenvalue weighted by atomic mass is 16.2. The number of carbonyl (C=O) groups is 1. The number of amides is 1. The number of carbonyl (C=O) groups excluding carboxylic acids is 1. The molecule has 0 rings (SSSR count). The Balaban J connectivity index is 3.14. The summed E-state index contributed by atoms with van der Waals surface area (Å²) in [5.41, 5.74) is 0. The molecule has 108 valence electrons. The van der Waals surface area contributed by atoms with Crippen LogP contribution in [-0.2, 0) is 4.79 Å². The average Bonchev–Trinajstić information content (AvgIpc) is 2.39. The zero-order chi connectivity index (χ0) is 13.6. The van der Waals surface area contributed by atoms with Crippen molar-refractivity contribution in [3.05, 3.63) is 0 Å². The van der Waals surface area contributed by atoms with Gasteiger partial charge in [-0.2, -0.15) is 0 Å². The second kappa shape index (κ2) is 12.9. The van der Waals surface area contributed by atoms with Gasteiger partial charge in [-0.3, -0.25) is 4.79 Å². The molecule has 0 aromatic rings. The Bertz CT molecular complexity index is 192. The van der Waals surface area contributed by atoms with Gasteiger partial charge in [0.15, 0.2) is 0 Å². The Morgan fingerprint density at radius 1 is 0.778 bits per heavy atom. The van der Waals surface area contributed by atoms with Crippen LogP contribution < -0.4 is 0 Å². The average molecular weight is 255 g/mol. The van der Waals surface area contributed by atoms with E-state index in [1.807, 2.05) is 18.9 Å². The molecule has 0 saturated heterocycles. The SMILES string of the molecule is CCCCCCCCCCCCN(C)C(=O)CC. The second-order valence-corrected chi connectivity index (χ2v) is 5.35. The molecule has 0 aliphatic rings. The van der Waals surface area contributed by atoms with Crippen molar-refractivity contribution in [3.8, 4) is 0 Å². The van der Waals surface area contributed by atoms with Crippen LogP contribution in [0.1, 0.15) is 84.5 Å². The third-order valence-electron chi connectivity index (χ3n) is 3.58. The van der Waals surface area contributed by atoms with E-state index in [9.17, 15) is 4.79 Å². The molecule has 0 aromatic carbocycles. The van der Waals surface area contributed by atoms with Gasteiger partial charge in [-0.15, -0.1) is 0 Å². The van der Waals surface area contributed by atoms with Gasteiger partial charge >= 0.3 is 0 Å². The molecule has 18 heavy (non-hydrogen) atoms. The Morgan fingerprint density at radius 2 is 1.22 bits per heavy atom. The van der Waals surface area contributed by atoms with E-state index in [2.05, 4.69) is 6.92 Å². The van der Waals surface area contributed by atoms with E-state index in [1.165, 1.54) is 57.8 Å². The van der Waals surface area contributed by atoms with Gasteiger partial charge in [0, 0.05) is 20.0 Å². The van der Waals surface area contributed by atoms with Crippen LogP contribution in [0.2, 0.25) is 0 Å². The summed E-state index contributed by atoms with van der Waals surface area (Å²) in [6, 6.07) is 0. The van der Waals surface area contributed by atoms with Gasteiger partial charge in [0.05, 0.1) is 0 Å². The van der Waals surface area contributed by atoms with Crippen LogP contribution in [0.3, 0.4) is 0 Å². The topological polar surface area (TPSA) is 20.3 Å². The van der Waals surface area contributed by atoms with Crippen molar-refractivity contribution in [1.29, 1.82) is 0 Å². The summed E-state index contributed by atoms with van der Waals surface area (Å²) < 4.78 is 0.